The highest BCUT2D eigenvalue weighted by atomic mass is 32.1. The molecule has 0 unspecified atom stereocenters. The van der Waals surface area contributed by atoms with Crippen molar-refractivity contribution in [3.63, 3.8) is 0 Å². The molecule has 2 aliphatic rings. The molecule has 4 nitrogen and oxygen atoms in total. The fourth-order valence-corrected chi connectivity index (χ4v) is 4.81. The van der Waals surface area contributed by atoms with Crippen LogP contribution in [0.1, 0.15) is 45.9 Å². The van der Waals surface area contributed by atoms with E-state index in [2.05, 4.69) is 4.98 Å². The molecule has 0 N–H and O–H groups in total. The number of hydrogen-bond donors (Lipinski definition) is 0. The molecule has 2 aromatic rings. The molecule has 2 heterocycles. The van der Waals surface area contributed by atoms with Crippen molar-refractivity contribution in [2.24, 2.45) is 0 Å². The molecule has 0 fully saturated rings. The van der Waals surface area contributed by atoms with Crippen molar-refractivity contribution in [1.29, 1.82) is 0 Å². The first-order chi connectivity index (χ1) is 11.1. The number of thiazole rings is 1. The third-order valence-electron chi connectivity index (χ3n) is 4.84. The molecule has 4 rings (SSSR count). The maximum absolute atomic E-state index is 13.1. The monoisotopic (exact) mass is 328 g/mol. The van der Waals surface area contributed by atoms with Gasteiger partial charge in [-0.15, -0.1) is 11.3 Å². The minimum atomic E-state index is -0.185. The third-order valence-corrected chi connectivity index (χ3v) is 5.96. The van der Waals surface area contributed by atoms with Crippen molar-refractivity contribution in [3.8, 4) is 5.75 Å². The van der Waals surface area contributed by atoms with Gasteiger partial charge in [-0.1, -0.05) is 18.2 Å². The first-order valence-corrected chi connectivity index (χ1v) is 8.91. The lowest BCUT2D eigenvalue weighted by atomic mass is 9.94. The molecule has 1 aromatic carbocycles. The highest BCUT2D eigenvalue weighted by molar-refractivity contribution is 7.11. The van der Waals surface area contributed by atoms with Gasteiger partial charge in [-0.2, -0.15) is 0 Å². The fraction of sp³-hybridized carbons (Fsp3) is 0.444. The molecule has 1 aliphatic heterocycles. The van der Waals surface area contributed by atoms with Crippen molar-refractivity contribution in [3.05, 3.63) is 45.4 Å². The number of carbonyl (C=O) groups excluding carboxylic acids is 1. The van der Waals surface area contributed by atoms with Crippen molar-refractivity contribution in [2.75, 3.05) is 13.7 Å². The van der Waals surface area contributed by atoms with Gasteiger partial charge in [0.05, 0.1) is 21.6 Å². The Balaban J connectivity index is 1.61. The Morgan fingerprint density at radius 2 is 2.22 bits per heavy atom. The minimum absolute atomic E-state index is 0.152. The Morgan fingerprint density at radius 1 is 1.39 bits per heavy atom. The second-order valence-corrected chi connectivity index (χ2v) is 7.54. The van der Waals surface area contributed by atoms with Crippen molar-refractivity contribution in [2.45, 2.75) is 38.1 Å². The van der Waals surface area contributed by atoms with E-state index in [9.17, 15) is 4.79 Å². The number of aryl methyl sites for hydroxylation is 2. The van der Waals surface area contributed by atoms with Crippen LogP contribution >= 0.6 is 11.3 Å². The molecule has 0 saturated heterocycles. The minimum Gasteiger partial charge on any atom is -0.492 e. The number of benzene rings is 1. The van der Waals surface area contributed by atoms with E-state index < -0.39 is 0 Å². The first kappa shape index (κ1) is 14.7. The Morgan fingerprint density at radius 3 is 3.09 bits per heavy atom. The SMILES string of the molecule is Cc1nc2c(s1)[C@@H](N(C)C(=O)[C@H]1COc3ccccc31)CCC2. The van der Waals surface area contributed by atoms with E-state index in [0.717, 1.165) is 35.6 Å². The average molecular weight is 328 g/mol. The molecule has 120 valence electrons. The second kappa shape index (κ2) is 5.64. The molecule has 1 amide bonds. The Kier molecular flexibility index (Phi) is 3.60. The van der Waals surface area contributed by atoms with Crippen LogP contribution in [0.15, 0.2) is 24.3 Å². The van der Waals surface area contributed by atoms with Crippen LogP contribution in [0, 0.1) is 6.92 Å². The summed E-state index contributed by atoms with van der Waals surface area (Å²) in [5, 5.41) is 1.09. The lowest BCUT2D eigenvalue weighted by Gasteiger charge is -2.32. The molecule has 23 heavy (non-hydrogen) atoms. The molecule has 1 aromatic heterocycles. The molecule has 0 bridgehead atoms. The Hall–Kier alpha value is -1.88. The van der Waals surface area contributed by atoms with E-state index >= 15 is 0 Å². The number of rotatable bonds is 2. The normalized spacial score (nSPS) is 22.2. The van der Waals surface area contributed by atoms with Crippen LogP contribution < -0.4 is 4.74 Å². The van der Waals surface area contributed by atoms with Crippen LogP contribution in [-0.4, -0.2) is 29.4 Å². The molecule has 5 heteroatoms. The Labute approximate surface area is 140 Å². The van der Waals surface area contributed by atoms with Gasteiger partial charge in [-0.25, -0.2) is 4.98 Å². The average Bonchev–Trinajstić information content (AvgIpc) is 3.15. The number of para-hydroxylation sites is 1. The highest BCUT2D eigenvalue weighted by Gasteiger charge is 2.36. The van der Waals surface area contributed by atoms with E-state index in [1.807, 2.05) is 43.1 Å². The van der Waals surface area contributed by atoms with Crippen LogP contribution in [0.4, 0.5) is 0 Å². The van der Waals surface area contributed by atoms with Crippen LogP contribution in [0.3, 0.4) is 0 Å². The number of fused-ring (bicyclic) bond motifs is 2. The largest absolute Gasteiger partial charge is 0.492 e. The van der Waals surface area contributed by atoms with Crippen LogP contribution in [-0.2, 0) is 11.2 Å². The summed E-state index contributed by atoms with van der Waals surface area (Å²) >= 11 is 1.74. The summed E-state index contributed by atoms with van der Waals surface area (Å²) in [5.41, 5.74) is 2.20. The van der Waals surface area contributed by atoms with Crippen LogP contribution in [0.25, 0.3) is 0 Å². The standard InChI is InChI=1S/C18H20N2O2S/c1-11-19-14-7-5-8-15(17(14)23-11)20(2)18(21)13-10-22-16-9-4-3-6-12(13)16/h3-4,6,9,13,15H,5,7-8,10H2,1-2H3/t13-,15-/m0/s1. The second-order valence-electron chi connectivity index (χ2n) is 6.30. The van der Waals surface area contributed by atoms with Gasteiger partial charge in [0.1, 0.15) is 18.3 Å². The summed E-state index contributed by atoms with van der Waals surface area (Å²) in [7, 11) is 1.93. The van der Waals surface area contributed by atoms with Gasteiger partial charge >= 0.3 is 0 Å². The van der Waals surface area contributed by atoms with Gasteiger partial charge in [0, 0.05) is 12.6 Å². The molecule has 2 atom stereocenters. The topological polar surface area (TPSA) is 42.4 Å². The van der Waals surface area contributed by atoms with Crippen LogP contribution in [0.2, 0.25) is 0 Å². The fourth-order valence-electron chi connectivity index (χ4n) is 3.66. The summed E-state index contributed by atoms with van der Waals surface area (Å²) in [4.78, 5) is 20.9. The zero-order valence-electron chi connectivity index (χ0n) is 13.4. The van der Waals surface area contributed by atoms with Crippen molar-refractivity contribution in [1.82, 2.24) is 9.88 Å². The summed E-state index contributed by atoms with van der Waals surface area (Å²) in [6, 6.07) is 8.02. The van der Waals surface area contributed by atoms with Gasteiger partial charge in [0.25, 0.3) is 0 Å². The van der Waals surface area contributed by atoms with E-state index in [4.69, 9.17) is 4.74 Å². The molecule has 1 aliphatic carbocycles. The number of ether oxygens (including phenoxy) is 1. The number of nitrogens with zero attached hydrogens (tertiary/aromatic N) is 2. The highest BCUT2D eigenvalue weighted by Crippen LogP contribution is 2.40. The lowest BCUT2D eigenvalue weighted by molar-refractivity contribution is -0.134. The molecule has 0 spiro atoms. The zero-order chi connectivity index (χ0) is 16.0. The third kappa shape index (κ3) is 2.43. The zero-order valence-corrected chi connectivity index (χ0v) is 14.2. The van der Waals surface area contributed by atoms with Gasteiger partial charge in [-0.3, -0.25) is 4.79 Å². The van der Waals surface area contributed by atoms with E-state index in [1.165, 1.54) is 10.6 Å². The molecule has 0 radical (unpaired) electrons. The summed E-state index contributed by atoms with van der Waals surface area (Å²) in [5.74, 6) is 0.812. The lowest BCUT2D eigenvalue weighted by Crippen LogP contribution is -2.36. The molecular formula is C18H20N2O2S. The number of amides is 1. The van der Waals surface area contributed by atoms with Crippen molar-refractivity contribution >= 4 is 17.2 Å². The van der Waals surface area contributed by atoms with Crippen LogP contribution in [0.5, 0.6) is 5.75 Å². The van der Waals surface area contributed by atoms with Gasteiger partial charge < -0.3 is 9.64 Å². The van der Waals surface area contributed by atoms with E-state index in [-0.39, 0.29) is 17.9 Å². The van der Waals surface area contributed by atoms with Gasteiger partial charge in [0.2, 0.25) is 5.91 Å². The summed E-state index contributed by atoms with van der Waals surface area (Å²) in [6.45, 7) is 2.49. The number of hydrogen-bond acceptors (Lipinski definition) is 4. The number of likely N-dealkylation sites (N-methyl/N-ethyl adjacent to an activating group) is 1. The molecule has 0 saturated carbocycles. The number of aromatic nitrogens is 1. The predicted molar refractivity (Wildman–Crippen MR) is 90.0 cm³/mol. The smallest absolute Gasteiger partial charge is 0.234 e. The summed E-state index contributed by atoms with van der Waals surface area (Å²) < 4.78 is 5.69. The van der Waals surface area contributed by atoms with Crippen molar-refractivity contribution < 1.29 is 9.53 Å². The molecular weight excluding hydrogens is 308 g/mol. The van der Waals surface area contributed by atoms with Gasteiger partial charge in [0.15, 0.2) is 0 Å². The van der Waals surface area contributed by atoms with E-state index in [1.54, 1.807) is 11.3 Å². The summed E-state index contributed by atoms with van der Waals surface area (Å²) in [6.07, 6.45) is 3.15. The Bertz CT molecular complexity index is 755. The maximum Gasteiger partial charge on any atom is 0.234 e. The first-order valence-electron chi connectivity index (χ1n) is 8.09. The number of carbonyl (C=O) groups is 1. The van der Waals surface area contributed by atoms with Gasteiger partial charge in [-0.05, 0) is 32.3 Å². The maximum atomic E-state index is 13.1. The van der Waals surface area contributed by atoms with E-state index in [0.29, 0.717) is 6.61 Å². The predicted octanol–water partition coefficient (Wildman–Crippen LogP) is 3.46. The quantitative estimate of drug-likeness (QED) is 0.848.